The third-order valence-electron chi connectivity index (χ3n) is 2.50. The highest BCUT2D eigenvalue weighted by molar-refractivity contribution is 5.77. The predicted octanol–water partition coefficient (Wildman–Crippen LogP) is 2.74. The molecule has 0 bridgehead atoms. The van der Waals surface area contributed by atoms with Crippen LogP contribution in [0.4, 0.5) is 0 Å². The van der Waals surface area contributed by atoms with Crippen molar-refractivity contribution in [3.8, 4) is 22.9 Å². The Bertz CT molecular complexity index is 595. The Hall–Kier alpha value is -2.60. The summed E-state index contributed by atoms with van der Waals surface area (Å²) in [7, 11) is 0. The summed E-state index contributed by atoms with van der Waals surface area (Å²) in [6.07, 6.45) is 0.778. The van der Waals surface area contributed by atoms with Crippen molar-refractivity contribution in [2.45, 2.75) is 0 Å². The number of aldehydes is 1. The second-order valence-corrected chi connectivity index (χ2v) is 3.58. The number of hydrogen-bond acceptors (Lipinski definition) is 3. The highest BCUT2D eigenvalue weighted by Gasteiger charge is 2.03. The molecule has 0 fully saturated rings. The number of rotatable bonds is 2. The van der Waals surface area contributed by atoms with Crippen molar-refractivity contribution in [3.05, 3.63) is 53.6 Å². The average Bonchev–Trinajstić information content (AvgIpc) is 2.39. The van der Waals surface area contributed by atoms with E-state index in [4.69, 9.17) is 5.26 Å². The van der Waals surface area contributed by atoms with E-state index in [0.717, 1.165) is 17.4 Å². The molecule has 0 radical (unpaired) electrons. The molecule has 0 saturated carbocycles. The average molecular weight is 223 g/mol. The van der Waals surface area contributed by atoms with Gasteiger partial charge in [0.25, 0.3) is 0 Å². The first kappa shape index (κ1) is 10.9. The van der Waals surface area contributed by atoms with Crippen LogP contribution in [0.5, 0.6) is 5.75 Å². The number of aromatic hydroxyl groups is 1. The van der Waals surface area contributed by atoms with E-state index in [-0.39, 0.29) is 11.3 Å². The fourth-order valence-electron chi connectivity index (χ4n) is 1.56. The summed E-state index contributed by atoms with van der Waals surface area (Å²) in [5, 5.41) is 18.3. The first-order chi connectivity index (χ1) is 8.24. The third kappa shape index (κ3) is 2.16. The first-order valence-corrected chi connectivity index (χ1v) is 5.03. The Morgan fingerprint density at radius 3 is 2.24 bits per heavy atom. The van der Waals surface area contributed by atoms with Crippen molar-refractivity contribution < 1.29 is 9.90 Å². The lowest BCUT2D eigenvalue weighted by Gasteiger charge is -2.03. The quantitative estimate of drug-likeness (QED) is 0.796. The standard InChI is InChI=1S/C14H9NO2/c15-8-13-6-5-12(7-14(13)17)11-3-1-10(9-16)2-4-11/h1-7,9,17H. The Morgan fingerprint density at radius 2 is 1.71 bits per heavy atom. The van der Waals surface area contributed by atoms with Gasteiger partial charge < -0.3 is 5.11 Å². The molecule has 1 N–H and O–H groups in total. The van der Waals surface area contributed by atoms with Gasteiger partial charge >= 0.3 is 0 Å². The van der Waals surface area contributed by atoms with E-state index >= 15 is 0 Å². The van der Waals surface area contributed by atoms with Crippen LogP contribution in [0.3, 0.4) is 0 Å². The number of nitrogens with zero attached hydrogens (tertiary/aromatic N) is 1. The summed E-state index contributed by atoms with van der Waals surface area (Å²) >= 11 is 0. The molecule has 0 saturated heterocycles. The molecule has 0 unspecified atom stereocenters. The summed E-state index contributed by atoms with van der Waals surface area (Å²) in [6, 6.07) is 13.8. The van der Waals surface area contributed by atoms with Crippen LogP contribution in [0.2, 0.25) is 0 Å². The van der Waals surface area contributed by atoms with E-state index in [1.807, 2.05) is 6.07 Å². The van der Waals surface area contributed by atoms with E-state index in [0.29, 0.717) is 5.56 Å². The molecule has 82 valence electrons. The van der Waals surface area contributed by atoms with Gasteiger partial charge in [0.2, 0.25) is 0 Å². The largest absolute Gasteiger partial charge is 0.507 e. The normalized spacial score (nSPS) is 9.59. The van der Waals surface area contributed by atoms with Crippen LogP contribution in [0, 0.1) is 11.3 Å². The summed E-state index contributed by atoms with van der Waals surface area (Å²) in [6.45, 7) is 0. The first-order valence-electron chi connectivity index (χ1n) is 5.03. The summed E-state index contributed by atoms with van der Waals surface area (Å²) in [5.74, 6) is -0.0375. The molecule has 0 amide bonds. The van der Waals surface area contributed by atoms with Crippen molar-refractivity contribution in [2.75, 3.05) is 0 Å². The van der Waals surface area contributed by atoms with Gasteiger partial charge in [0.15, 0.2) is 0 Å². The Morgan fingerprint density at radius 1 is 1.06 bits per heavy atom. The molecule has 0 aliphatic carbocycles. The van der Waals surface area contributed by atoms with Gasteiger partial charge in [-0.2, -0.15) is 5.26 Å². The minimum Gasteiger partial charge on any atom is -0.507 e. The molecule has 0 heterocycles. The van der Waals surface area contributed by atoms with Gasteiger partial charge in [0.05, 0.1) is 5.56 Å². The molecular formula is C14H9NO2. The van der Waals surface area contributed by atoms with Crippen molar-refractivity contribution in [2.24, 2.45) is 0 Å². The van der Waals surface area contributed by atoms with Gasteiger partial charge in [-0.3, -0.25) is 4.79 Å². The molecule has 2 aromatic carbocycles. The van der Waals surface area contributed by atoms with Gasteiger partial charge in [-0.15, -0.1) is 0 Å². The van der Waals surface area contributed by atoms with E-state index in [1.54, 1.807) is 36.4 Å². The van der Waals surface area contributed by atoms with E-state index in [2.05, 4.69) is 0 Å². The summed E-state index contributed by atoms with van der Waals surface area (Å²) < 4.78 is 0. The van der Waals surface area contributed by atoms with Crippen LogP contribution < -0.4 is 0 Å². The minimum absolute atomic E-state index is 0.0375. The summed E-state index contributed by atoms with van der Waals surface area (Å²) in [5.41, 5.74) is 2.54. The van der Waals surface area contributed by atoms with Crippen LogP contribution in [-0.4, -0.2) is 11.4 Å². The Balaban J connectivity index is 2.43. The zero-order valence-corrected chi connectivity index (χ0v) is 8.92. The lowest BCUT2D eigenvalue weighted by Crippen LogP contribution is -1.83. The molecule has 0 aliphatic heterocycles. The summed E-state index contributed by atoms with van der Waals surface area (Å²) in [4.78, 5) is 10.5. The molecule has 0 atom stereocenters. The molecule has 0 aromatic heterocycles. The molecule has 0 spiro atoms. The van der Waals surface area contributed by atoms with Gasteiger partial charge in [0, 0.05) is 5.56 Å². The van der Waals surface area contributed by atoms with Crippen molar-refractivity contribution in [1.29, 1.82) is 5.26 Å². The maximum atomic E-state index is 10.5. The zero-order valence-electron chi connectivity index (χ0n) is 8.92. The van der Waals surface area contributed by atoms with Gasteiger partial charge in [-0.05, 0) is 23.3 Å². The zero-order chi connectivity index (χ0) is 12.3. The Kier molecular flexibility index (Phi) is 2.89. The third-order valence-corrected chi connectivity index (χ3v) is 2.50. The molecule has 2 aromatic rings. The van der Waals surface area contributed by atoms with Gasteiger partial charge in [-0.1, -0.05) is 30.3 Å². The second-order valence-electron chi connectivity index (χ2n) is 3.58. The van der Waals surface area contributed by atoms with Gasteiger partial charge in [0.1, 0.15) is 18.1 Å². The number of phenols is 1. The monoisotopic (exact) mass is 223 g/mol. The fourth-order valence-corrected chi connectivity index (χ4v) is 1.56. The minimum atomic E-state index is -0.0375. The van der Waals surface area contributed by atoms with Crippen LogP contribution in [0.25, 0.3) is 11.1 Å². The van der Waals surface area contributed by atoms with E-state index in [9.17, 15) is 9.90 Å². The second kappa shape index (κ2) is 4.50. The van der Waals surface area contributed by atoms with Crippen LogP contribution in [0.1, 0.15) is 15.9 Å². The van der Waals surface area contributed by atoms with Gasteiger partial charge in [-0.25, -0.2) is 0 Å². The highest BCUT2D eigenvalue weighted by atomic mass is 16.3. The molecule has 0 aliphatic rings. The molecule has 3 nitrogen and oxygen atoms in total. The number of benzene rings is 2. The van der Waals surface area contributed by atoms with Crippen LogP contribution in [-0.2, 0) is 0 Å². The van der Waals surface area contributed by atoms with Crippen molar-refractivity contribution in [3.63, 3.8) is 0 Å². The maximum absolute atomic E-state index is 10.5. The van der Waals surface area contributed by atoms with Crippen LogP contribution in [0.15, 0.2) is 42.5 Å². The van der Waals surface area contributed by atoms with E-state index < -0.39 is 0 Å². The van der Waals surface area contributed by atoms with Crippen LogP contribution >= 0.6 is 0 Å². The number of carbonyl (C=O) groups excluding carboxylic acids is 1. The number of nitriles is 1. The fraction of sp³-hybridized carbons (Fsp3) is 0. The molecule has 3 heteroatoms. The molecular weight excluding hydrogens is 214 g/mol. The topological polar surface area (TPSA) is 61.1 Å². The van der Waals surface area contributed by atoms with E-state index in [1.165, 1.54) is 6.07 Å². The lowest BCUT2D eigenvalue weighted by molar-refractivity contribution is 0.112. The molecule has 2 rings (SSSR count). The number of hydrogen-bond donors (Lipinski definition) is 1. The lowest BCUT2D eigenvalue weighted by atomic mass is 10.0. The number of carbonyl (C=O) groups is 1. The highest BCUT2D eigenvalue weighted by Crippen LogP contribution is 2.26. The SMILES string of the molecule is N#Cc1ccc(-c2ccc(C=O)cc2)cc1O. The molecule has 17 heavy (non-hydrogen) atoms. The smallest absolute Gasteiger partial charge is 0.150 e. The van der Waals surface area contributed by atoms with Crippen molar-refractivity contribution >= 4 is 6.29 Å². The predicted molar refractivity (Wildman–Crippen MR) is 63.6 cm³/mol. The maximum Gasteiger partial charge on any atom is 0.150 e. The number of phenolic OH excluding ortho intramolecular Hbond substituents is 1. The Labute approximate surface area is 98.6 Å². The van der Waals surface area contributed by atoms with Crippen molar-refractivity contribution in [1.82, 2.24) is 0 Å².